The van der Waals surface area contributed by atoms with Crippen LogP contribution in [-0.2, 0) is 9.53 Å². The Balaban J connectivity index is 1.23. The first kappa shape index (κ1) is 38.2. The van der Waals surface area contributed by atoms with Crippen LogP contribution in [0.3, 0.4) is 0 Å². The van der Waals surface area contributed by atoms with Gasteiger partial charge in [-0.15, -0.1) is 0 Å². The van der Waals surface area contributed by atoms with Gasteiger partial charge in [0.05, 0.1) is 6.61 Å². The third-order valence-electron chi connectivity index (χ3n) is 15.0. The second kappa shape index (κ2) is 17.9. The Morgan fingerprint density at radius 2 is 1.02 bits per heavy atom. The number of hydrogen-bond acceptors (Lipinski definition) is 2. The van der Waals surface area contributed by atoms with E-state index >= 15 is 0 Å². The van der Waals surface area contributed by atoms with Crippen LogP contribution in [0.2, 0.25) is 25.2 Å². The highest BCUT2D eigenvalue weighted by Crippen LogP contribution is 2.51. The lowest BCUT2D eigenvalue weighted by molar-refractivity contribution is -0.143. The minimum absolute atomic E-state index is 0.0273. The third-order valence-corrected chi connectivity index (χ3v) is 18.0. The van der Waals surface area contributed by atoms with Gasteiger partial charge in [-0.25, -0.2) is 4.79 Å². The summed E-state index contributed by atoms with van der Waals surface area (Å²) in [7, 11) is -0.945. The van der Waals surface area contributed by atoms with E-state index in [1.54, 1.807) is 51.4 Å². The Hall–Kier alpha value is -0.573. The maximum absolute atomic E-state index is 13.3. The summed E-state index contributed by atoms with van der Waals surface area (Å²) in [4.78, 5) is 13.3. The summed E-state index contributed by atoms with van der Waals surface area (Å²) in [6.07, 6.45) is 26.7. The molecular formula is C43H78O2Si. The Bertz CT molecular complexity index is 916. The fourth-order valence-corrected chi connectivity index (χ4v) is 13.5. The van der Waals surface area contributed by atoms with Crippen molar-refractivity contribution >= 4 is 14.0 Å². The molecule has 0 heterocycles. The second-order valence-electron chi connectivity index (χ2n) is 18.5. The lowest BCUT2D eigenvalue weighted by Gasteiger charge is -2.47. The molecule has 4 aliphatic carbocycles. The van der Waals surface area contributed by atoms with Gasteiger partial charge in [0.1, 0.15) is 0 Å². The molecule has 0 aromatic rings. The van der Waals surface area contributed by atoms with Gasteiger partial charge in [0.2, 0.25) is 0 Å². The van der Waals surface area contributed by atoms with Gasteiger partial charge in [0, 0.05) is 13.6 Å². The molecule has 2 atom stereocenters. The summed E-state index contributed by atoms with van der Waals surface area (Å²) >= 11 is 0. The van der Waals surface area contributed by atoms with Gasteiger partial charge in [-0.3, -0.25) is 0 Å². The maximum Gasteiger partial charge on any atom is 0.333 e. The van der Waals surface area contributed by atoms with Crippen molar-refractivity contribution in [3.8, 4) is 0 Å². The van der Waals surface area contributed by atoms with Crippen LogP contribution >= 0.6 is 0 Å². The molecule has 4 saturated carbocycles. The summed E-state index contributed by atoms with van der Waals surface area (Å²) in [6.45, 7) is 21.9. The highest BCUT2D eigenvalue weighted by atomic mass is 28.3. The Morgan fingerprint density at radius 3 is 1.37 bits per heavy atom. The fraction of sp³-hybridized carbons (Fsp3) is 0.930. The molecular weight excluding hydrogens is 577 g/mol. The van der Waals surface area contributed by atoms with Gasteiger partial charge in [-0.2, -0.15) is 0 Å². The zero-order valence-electron chi connectivity index (χ0n) is 32.3. The largest absolute Gasteiger partial charge is 0.462 e. The molecule has 0 aromatic carbocycles. The Morgan fingerprint density at radius 1 is 0.630 bits per heavy atom. The first-order valence-corrected chi connectivity index (χ1v) is 24.4. The van der Waals surface area contributed by atoms with Crippen molar-refractivity contribution < 1.29 is 9.53 Å². The summed E-state index contributed by atoms with van der Waals surface area (Å²) < 4.78 is 6.19. The Kier molecular flexibility index (Phi) is 14.9. The van der Waals surface area contributed by atoms with E-state index in [1.165, 1.54) is 51.4 Å². The Labute approximate surface area is 288 Å². The number of hydrogen-bond donors (Lipinski definition) is 0. The molecule has 0 spiro atoms. The molecule has 3 heteroatoms. The second-order valence-corrected chi connectivity index (χ2v) is 24.1. The molecule has 2 unspecified atom stereocenters. The zero-order valence-corrected chi connectivity index (χ0v) is 33.3. The van der Waals surface area contributed by atoms with Crippen LogP contribution in [0.5, 0.6) is 0 Å². The average Bonchev–Trinajstić information content (AvgIpc) is 3.07. The maximum atomic E-state index is 13.3. The quantitative estimate of drug-likeness (QED) is 0.112. The van der Waals surface area contributed by atoms with Gasteiger partial charge in [-0.1, -0.05) is 104 Å². The number of allylic oxidation sites excluding steroid dienone is 1. The predicted molar refractivity (Wildman–Crippen MR) is 202 cm³/mol. The molecule has 0 bridgehead atoms. The minimum atomic E-state index is -0.945. The number of carbonyl (C=O) groups is 1. The number of carbonyl (C=O) groups excluding carboxylic acids is 1. The number of rotatable bonds is 13. The lowest BCUT2D eigenvalue weighted by Crippen LogP contribution is -2.39. The fourth-order valence-electron chi connectivity index (χ4n) is 11.5. The number of esters is 1. The van der Waals surface area contributed by atoms with Crippen LogP contribution < -0.4 is 0 Å². The normalized spacial score (nSPS) is 36.0. The molecule has 46 heavy (non-hydrogen) atoms. The van der Waals surface area contributed by atoms with Crippen molar-refractivity contribution in [1.82, 2.24) is 0 Å². The number of ether oxygens (including phenoxy) is 1. The van der Waals surface area contributed by atoms with E-state index in [-0.39, 0.29) is 5.97 Å². The third kappa shape index (κ3) is 10.00. The summed E-state index contributed by atoms with van der Waals surface area (Å²) in [5.41, 5.74) is 3.18. The highest BCUT2D eigenvalue weighted by molar-refractivity contribution is 6.77. The molecule has 4 rings (SSSR count). The van der Waals surface area contributed by atoms with Crippen LogP contribution in [0, 0.1) is 59.2 Å². The van der Waals surface area contributed by atoms with Gasteiger partial charge in [0.25, 0.3) is 0 Å². The average molecular weight is 655 g/mol. The van der Waals surface area contributed by atoms with Crippen molar-refractivity contribution in [2.24, 2.45) is 59.2 Å². The summed E-state index contributed by atoms with van der Waals surface area (Å²) in [5.74, 6) is 8.51. The summed E-state index contributed by atoms with van der Waals surface area (Å²) in [5, 5.41) is 0. The summed E-state index contributed by atoms with van der Waals surface area (Å²) in [6, 6.07) is 0. The van der Waals surface area contributed by atoms with E-state index in [4.69, 9.17) is 4.74 Å². The van der Waals surface area contributed by atoms with Crippen molar-refractivity contribution in [2.45, 2.75) is 189 Å². The topological polar surface area (TPSA) is 26.3 Å². The SMILES string of the molecule is CCC(CC)CC(C(=O)OCC1C(CC)CC(C2CCC(C3CCC(C4CCC([Si](C)(C)C)CC4)CC3)CC2)CC1CC)=C(C)C. The van der Waals surface area contributed by atoms with Gasteiger partial charge in [-0.05, 0) is 149 Å². The highest BCUT2D eigenvalue weighted by Gasteiger charge is 2.42. The standard InChI is InChI=1S/C43H78O2Si/c1-10-31(11-2)26-41(30(5)6)43(44)45-29-42-32(12-3)27-39(28-33(42)13-4)38-20-18-35(19-21-38)34-14-16-36(17-15-34)37-22-24-40(25-23-37)46(7,8)9/h31-40,42H,10-29H2,1-9H3. The first-order valence-electron chi connectivity index (χ1n) is 20.8. The van der Waals surface area contributed by atoms with Crippen molar-refractivity contribution in [2.75, 3.05) is 6.61 Å². The van der Waals surface area contributed by atoms with Crippen LogP contribution in [0.25, 0.3) is 0 Å². The van der Waals surface area contributed by atoms with Gasteiger partial charge in [0.15, 0.2) is 0 Å². The van der Waals surface area contributed by atoms with Crippen LogP contribution in [0.1, 0.15) is 164 Å². The van der Waals surface area contributed by atoms with Crippen LogP contribution in [-0.4, -0.2) is 20.7 Å². The monoisotopic (exact) mass is 655 g/mol. The van der Waals surface area contributed by atoms with E-state index in [1.807, 2.05) is 0 Å². The van der Waals surface area contributed by atoms with E-state index in [0.717, 1.165) is 71.5 Å². The molecule has 4 aliphatic rings. The van der Waals surface area contributed by atoms with Gasteiger partial charge >= 0.3 is 5.97 Å². The van der Waals surface area contributed by atoms with E-state index in [9.17, 15) is 4.79 Å². The lowest BCUT2D eigenvalue weighted by atomic mass is 9.59. The predicted octanol–water partition coefficient (Wildman–Crippen LogP) is 13.3. The van der Waals surface area contributed by atoms with Crippen molar-refractivity contribution in [3.05, 3.63) is 11.1 Å². The van der Waals surface area contributed by atoms with Crippen LogP contribution in [0.4, 0.5) is 0 Å². The van der Waals surface area contributed by atoms with Gasteiger partial charge < -0.3 is 4.74 Å². The van der Waals surface area contributed by atoms with Crippen LogP contribution in [0.15, 0.2) is 11.1 Å². The van der Waals surface area contributed by atoms with Crippen molar-refractivity contribution in [1.29, 1.82) is 0 Å². The van der Waals surface area contributed by atoms with Crippen molar-refractivity contribution in [3.63, 3.8) is 0 Å². The molecule has 0 saturated heterocycles. The smallest absolute Gasteiger partial charge is 0.333 e. The molecule has 0 amide bonds. The van der Waals surface area contributed by atoms with E-state index < -0.39 is 8.07 Å². The molecule has 0 aromatic heterocycles. The molecule has 0 radical (unpaired) electrons. The molecule has 0 aliphatic heterocycles. The minimum Gasteiger partial charge on any atom is -0.462 e. The van der Waals surface area contributed by atoms with E-state index in [0.29, 0.717) is 30.3 Å². The zero-order chi connectivity index (χ0) is 33.4. The first-order chi connectivity index (χ1) is 22.0. The van der Waals surface area contributed by atoms with E-state index in [2.05, 4.69) is 61.2 Å². The molecule has 4 fully saturated rings. The molecule has 0 N–H and O–H groups in total. The molecule has 266 valence electrons. The molecule has 2 nitrogen and oxygen atoms in total.